The van der Waals surface area contributed by atoms with Crippen molar-refractivity contribution in [3.63, 3.8) is 0 Å². The Morgan fingerprint density at radius 2 is 2.07 bits per heavy atom. The van der Waals surface area contributed by atoms with Crippen molar-refractivity contribution in [1.82, 2.24) is 20.5 Å². The highest BCUT2D eigenvalue weighted by Gasteiger charge is 2.31. The van der Waals surface area contributed by atoms with Crippen molar-refractivity contribution < 1.29 is 22.8 Å². The molecule has 0 saturated heterocycles. The van der Waals surface area contributed by atoms with E-state index < -0.39 is 11.7 Å². The molecule has 1 unspecified atom stereocenters. The number of aromatic nitrogens is 3. The van der Waals surface area contributed by atoms with Crippen LogP contribution >= 0.6 is 0 Å². The third-order valence-electron chi connectivity index (χ3n) is 4.77. The van der Waals surface area contributed by atoms with Gasteiger partial charge in [0.1, 0.15) is 11.0 Å². The van der Waals surface area contributed by atoms with Gasteiger partial charge in [-0.2, -0.15) is 13.2 Å². The Labute approximate surface area is 158 Å². The number of fused-ring (bicyclic) bond motifs is 2. The summed E-state index contributed by atoms with van der Waals surface area (Å²) < 4.78 is 38.7. The number of halogens is 3. The SMILES string of the molecule is O=C(COn1nnc2ccc(C(F)(F)F)cc21)NC1CCCc2ccccc21. The molecule has 0 spiro atoms. The maximum absolute atomic E-state index is 12.9. The molecule has 28 heavy (non-hydrogen) atoms. The Morgan fingerprint density at radius 3 is 2.89 bits per heavy atom. The molecule has 0 aliphatic heterocycles. The van der Waals surface area contributed by atoms with Crippen LogP contribution in [0.3, 0.4) is 0 Å². The number of aryl methyl sites for hydroxylation is 1. The molecule has 1 aliphatic carbocycles. The first-order chi connectivity index (χ1) is 13.4. The number of rotatable bonds is 4. The number of amides is 1. The van der Waals surface area contributed by atoms with E-state index in [0.717, 1.165) is 41.8 Å². The van der Waals surface area contributed by atoms with Crippen molar-refractivity contribution >= 4 is 16.9 Å². The van der Waals surface area contributed by atoms with E-state index in [9.17, 15) is 18.0 Å². The lowest BCUT2D eigenvalue weighted by Gasteiger charge is -2.26. The molecule has 1 heterocycles. The van der Waals surface area contributed by atoms with Crippen LogP contribution in [0, 0.1) is 0 Å². The predicted molar refractivity (Wildman–Crippen MR) is 94.2 cm³/mol. The number of nitrogens with zero attached hydrogens (tertiary/aromatic N) is 3. The maximum atomic E-state index is 12.9. The Kier molecular flexibility index (Phi) is 4.66. The summed E-state index contributed by atoms with van der Waals surface area (Å²) in [7, 11) is 0. The summed E-state index contributed by atoms with van der Waals surface area (Å²) in [6, 6.07) is 10.9. The normalized spacial score (nSPS) is 16.6. The summed E-state index contributed by atoms with van der Waals surface area (Å²) in [6.45, 7) is -0.382. The Bertz CT molecular complexity index is 1020. The van der Waals surface area contributed by atoms with E-state index in [4.69, 9.17) is 4.84 Å². The minimum absolute atomic E-state index is 0.0469. The molecule has 3 aromatic rings. The lowest BCUT2D eigenvalue weighted by molar-refractivity contribution is -0.137. The molecule has 0 bridgehead atoms. The first-order valence-electron chi connectivity index (χ1n) is 8.85. The van der Waals surface area contributed by atoms with Gasteiger partial charge in [-0.15, -0.1) is 5.10 Å². The van der Waals surface area contributed by atoms with Crippen LogP contribution in [0.1, 0.15) is 35.6 Å². The van der Waals surface area contributed by atoms with Crippen LogP contribution < -0.4 is 10.2 Å². The van der Waals surface area contributed by atoms with Crippen LogP contribution in [0.15, 0.2) is 42.5 Å². The lowest BCUT2D eigenvalue weighted by atomic mass is 9.88. The molecule has 1 amide bonds. The molecular formula is C19H17F3N4O2. The van der Waals surface area contributed by atoms with E-state index in [1.807, 2.05) is 24.3 Å². The third-order valence-corrected chi connectivity index (χ3v) is 4.77. The van der Waals surface area contributed by atoms with E-state index >= 15 is 0 Å². The smallest absolute Gasteiger partial charge is 0.385 e. The van der Waals surface area contributed by atoms with E-state index in [-0.39, 0.29) is 29.6 Å². The van der Waals surface area contributed by atoms with Gasteiger partial charge in [-0.1, -0.05) is 29.1 Å². The lowest BCUT2D eigenvalue weighted by Crippen LogP contribution is -2.36. The molecule has 4 rings (SSSR count). The number of carbonyl (C=O) groups excluding carboxylic acids is 1. The summed E-state index contributed by atoms with van der Waals surface area (Å²) >= 11 is 0. The van der Waals surface area contributed by atoms with E-state index in [0.29, 0.717) is 0 Å². The number of hydrogen-bond acceptors (Lipinski definition) is 4. The van der Waals surface area contributed by atoms with Crippen molar-refractivity contribution in [3.8, 4) is 0 Å². The summed E-state index contributed by atoms with van der Waals surface area (Å²) in [5.74, 6) is -0.377. The van der Waals surface area contributed by atoms with Gasteiger partial charge in [-0.05, 0) is 53.8 Å². The molecule has 2 aromatic carbocycles. The first kappa shape index (κ1) is 18.3. The summed E-state index contributed by atoms with van der Waals surface area (Å²) in [6.07, 6.45) is -1.72. The Morgan fingerprint density at radius 1 is 1.25 bits per heavy atom. The summed E-state index contributed by atoms with van der Waals surface area (Å²) in [5.41, 5.74) is 1.75. The molecule has 146 valence electrons. The molecule has 1 N–H and O–H groups in total. The summed E-state index contributed by atoms with van der Waals surface area (Å²) in [4.78, 5) is 18.4. The maximum Gasteiger partial charge on any atom is 0.416 e. The molecule has 1 atom stereocenters. The van der Waals surface area contributed by atoms with E-state index in [1.165, 1.54) is 11.6 Å². The number of hydrogen-bond donors (Lipinski definition) is 1. The molecule has 6 nitrogen and oxygen atoms in total. The van der Waals surface area contributed by atoms with E-state index in [1.54, 1.807) is 0 Å². The van der Waals surface area contributed by atoms with Crippen molar-refractivity contribution in [3.05, 3.63) is 59.2 Å². The van der Waals surface area contributed by atoms with Crippen LogP contribution in [-0.2, 0) is 17.4 Å². The summed E-state index contributed by atoms with van der Waals surface area (Å²) in [5, 5.41) is 10.3. The van der Waals surface area contributed by atoms with Crippen LogP contribution in [0.2, 0.25) is 0 Å². The molecule has 0 saturated carbocycles. The molecule has 9 heteroatoms. The van der Waals surface area contributed by atoms with Gasteiger partial charge >= 0.3 is 6.18 Å². The second-order valence-corrected chi connectivity index (χ2v) is 6.65. The number of carbonyl (C=O) groups is 1. The fourth-order valence-electron chi connectivity index (χ4n) is 3.43. The van der Waals surface area contributed by atoms with Gasteiger partial charge in [-0.3, -0.25) is 4.79 Å². The Balaban J connectivity index is 1.44. The van der Waals surface area contributed by atoms with Crippen LogP contribution in [0.5, 0.6) is 0 Å². The topological polar surface area (TPSA) is 69.0 Å². The highest BCUT2D eigenvalue weighted by atomic mass is 19.4. The number of alkyl halides is 3. The second-order valence-electron chi connectivity index (χ2n) is 6.65. The number of nitrogens with one attached hydrogen (secondary N) is 1. The zero-order valence-electron chi connectivity index (χ0n) is 14.7. The molecule has 0 radical (unpaired) electrons. The fourth-order valence-corrected chi connectivity index (χ4v) is 3.43. The van der Waals surface area contributed by atoms with Gasteiger partial charge < -0.3 is 10.2 Å². The van der Waals surface area contributed by atoms with Crippen LogP contribution in [-0.4, -0.2) is 27.7 Å². The Hall–Kier alpha value is -3.10. The van der Waals surface area contributed by atoms with Gasteiger partial charge in [0.15, 0.2) is 6.61 Å². The standard InChI is InChI=1S/C19H17F3N4O2/c20-19(21,22)13-8-9-16-17(10-13)26(25-24-16)28-11-18(27)23-15-7-3-5-12-4-1-2-6-14(12)15/h1-2,4,6,8-10,15H,3,5,7,11H2,(H,23,27). The zero-order valence-corrected chi connectivity index (χ0v) is 14.7. The molecule has 0 fully saturated rings. The zero-order chi connectivity index (χ0) is 19.7. The highest BCUT2D eigenvalue weighted by molar-refractivity contribution is 5.78. The van der Waals surface area contributed by atoms with E-state index in [2.05, 4.69) is 15.6 Å². The van der Waals surface area contributed by atoms with Crippen molar-refractivity contribution in [2.75, 3.05) is 6.61 Å². The predicted octanol–water partition coefficient (Wildman–Crippen LogP) is 3.07. The first-order valence-corrected chi connectivity index (χ1v) is 8.85. The van der Waals surface area contributed by atoms with Crippen molar-refractivity contribution in [1.29, 1.82) is 0 Å². The van der Waals surface area contributed by atoms with Gasteiger partial charge in [0.05, 0.1) is 11.6 Å². The average Bonchev–Trinajstić information content (AvgIpc) is 3.08. The average molecular weight is 390 g/mol. The minimum Gasteiger partial charge on any atom is -0.385 e. The van der Waals surface area contributed by atoms with Crippen LogP contribution in [0.25, 0.3) is 11.0 Å². The van der Waals surface area contributed by atoms with Crippen molar-refractivity contribution in [2.24, 2.45) is 0 Å². The molecular weight excluding hydrogens is 373 g/mol. The molecule has 1 aromatic heterocycles. The van der Waals surface area contributed by atoms with Crippen LogP contribution in [0.4, 0.5) is 13.2 Å². The van der Waals surface area contributed by atoms with Crippen molar-refractivity contribution in [2.45, 2.75) is 31.5 Å². The van der Waals surface area contributed by atoms with Gasteiger partial charge in [-0.25, -0.2) is 0 Å². The van der Waals surface area contributed by atoms with Gasteiger partial charge in [0.25, 0.3) is 5.91 Å². The third kappa shape index (κ3) is 3.64. The monoisotopic (exact) mass is 390 g/mol. The minimum atomic E-state index is -4.49. The highest BCUT2D eigenvalue weighted by Crippen LogP contribution is 2.31. The van der Waals surface area contributed by atoms with Gasteiger partial charge in [0.2, 0.25) is 0 Å². The number of benzene rings is 2. The second kappa shape index (κ2) is 7.14. The van der Waals surface area contributed by atoms with Gasteiger partial charge in [0, 0.05) is 0 Å². The molecule has 1 aliphatic rings. The largest absolute Gasteiger partial charge is 0.416 e. The quantitative estimate of drug-likeness (QED) is 0.744. The fraction of sp³-hybridized carbons (Fsp3) is 0.316.